The molecule has 3 N–H and O–H groups in total. The molecule has 0 saturated heterocycles. The predicted molar refractivity (Wildman–Crippen MR) is 52.6 cm³/mol. The molecule has 6 atom stereocenters. The number of alkyl halides is 1. The van der Waals surface area contributed by atoms with Crippen LogP contribution in [-0.4, -0.2) is 38.2 Å². The molecule has 2 fully saturated rings. The molecule has 2 aliphatic carbocycles. The Balaban J connectivity index is 2.32. The van der Waals surface area contributed by atoms with Crippen molar-refractivity contribution in [1.29, 1.82) is 0 Å². The molecule has 0 heterocycles. The number of carboxylic acid groups (broad SMARTS) is 2. The van der Waals surface area contributed by atoms with E-state index in [2.05, 4.69) is 15.9 Å². The highest BCUT2D eigenvalue weighted by Crippen LogP contribution is 2.54. The summed E-state index contributed by atoms with van der Waals surface area (Å²) in [6, 6.07) is 0. The number of carbonyl (C=O) groups is 2. The Kier molecular flexibility index (Phi) is 2.50. The summed E-state index contributed by atoms with van der Waals surface area (Å²) in [5.41, 5.74) is 0. The Bertz CT molecular complexity index is 288. The molecule has 2 bridgehead atoms. The molecule has 6 heteroatoms. The number of hydrogen-bond acceptors (Lipinski definition) is 3. The topological polar surface area (TPSA) is 94.8 Å². The molecule has 0 radical (unpaired) electrons. The highest BCUT2D eigenvalue weighted by Gasteiger charge is 2.62. The minimum atomic E-state index is -1.12. The van der Waals surface area contributed by atoms with Crippen molar-refractivity contribution < 1.29 is 24.9 Å². The third kappa shape index (κ3) is 1.38. The van der Waals surface area contributed by atoms with Crippen LogP contribution in [0.3, 0.4) is 0 Å². The Morgan fingerprint density at radius 3 is 2.00 bits per heavy atom. The largest absolute Gasteiger partial charge is 0.481 e. The smallest absolute Gasteiger partial charge is 0.307 e. The second kappa shape index (κ2) is 3.45. The number of rotatable bonds is 2. The van der Waals surface area contributed by atoms with Crippen molar-refractivity contribution in [2.75, 3.05) is 0 Å². The van der Waals surface area contributed by atoms with Gasteiger partial charge in [0.1, 0.15) is 0 Å². The molecule has 0 spiro atoms. The average Bonchev–Trinajstić information content (AvgIpc) is 2.64. The zero-order valence-corrected chi connectivity index (χ0v) is 9.29. The van der Waals surface area contributed by atoms with E-state index < -0.39 is 35.8 Å². The third-order valence-corrected chi connectivity index (χ3v) is 4.82. The van der Waals surface area contributed by atoms with Crippen LogP contribution in [0.2, 0.25) is 0 Å². The lowest BCUT2D eigenvalue weighted by atomic mass is 9.78. The second-order valence-electron chi connectivity index (χ2n) is 4.23. The Morgan fingerprint density at radius 2 is 1.53 bits per heavy atom. The van der Waals surface area contributed by atoms with Crippen LogP contribution in [-0.2, 0) is 9.59 Å². The van der Waals surface area contributed by atoms with E-state index in [1.165, 1.54) is 0 Å². The van der Waals surface area contributed by atoms with Crippen molar-refractivity contribution in [2.24, 2.45) is 23.7 Å². The number of carboxylic acids is 2. The summed E-state index contributed by atoms with van der Waals surface area (Å²) < 4.78 is 0. The van der Waals surface area contributed by atoms with E-state index in [4.69, 9.17) is 10.2 Å². The molecule has 2 saturated carbocycles. The minimum Gasteiger partial charge on any atom is -0.481 e. The van der Waals surface area contributed by atoms with Crippen LogP contribution < -0.4 is 0 Å². The normalized spacial score (nSPS) is 48.1. The Morgan fingerprint density at radius 1 is 1.07 bits per heavy atom. The SMILES string of the molecule is O=C(O)[C@@H]1[C@@H]2C[C@@H]([C@H](Br)[C@@H]2O)[C@H]1C(=O)O. The zero-order chi connectivity index (χ0) is 11.3. The lowest BCUT2D eigenvalue weighted by molar-refractivity contribution is -0.158. The van der Waals surface area contributed by atoms with Gasteiger partial charge in [-0.2, -0.15) is 0 Å². The van der Waals surface area contributed by atoms with E-state index in [0.29, 0.717) is 6.42 Å². The molecule has 2 aliphatic rings. The summed E-state index contributed by atoms with van der Waals surface area (Å²) in [5, 5.41) is 27.7. The van der Waals surface area contributed by atoms with E-state index in [9.17, 15) is 14.7 Å². The van der Waals surface area contributed by atoms with Crippen LogP contribution >= 0.6 is 15.9 Å². The number of aliphatic hydroxyl groups excluding tert-OH is 1. The summed E-state index contributed by atoms with van der Waals surface area (Å²) in [6.45, 7) is 0. The molecule has 84 valence electrons. The van der Waals surface area contributed by atoms with Gasteiger partial charge in [0.25, 0.3) is 0 Å². The summed E-state index contributed by atoms with van der Waals surface area (Å²) in [6.07, 6.45) is -0.267. The number of fused-ring (bicyclic) bond motifs is 2. The van der Waals surface area contributed by atoms with Crippen LogP contribution in [0.15, 0.2) is 0 Å². The van der Waals surface area contributed by atoms with Gasteiger partial charge in [-0.15, -0.1) is 0 Å². The quantitative estimate of drug-likeness (QED) is 0.626. The van der Waals surface area contributed by atoms with E-state index in [1.807, 2.05) is 0 Å². The first-order valence-electron chi connectivity index (χ1n) is 4.73. The molecular formula is C9H11BrO5. The first kappa shape index (κ1) is 10.9. The number of aliphatic hydroxyl groups is 1. The van der Waals surface area contributed by atoms with Crippen molar-refractivity contribution in [1.82, 2.24) is 0 Å². The van der Waals surface area contributed by atoms with E-state index >= 15 is 0 Å². The van der Waals surface area contributed by atoms with Gasteiger partial charge in [-0.1, -0.05) is 15.9 Å². The molecule has 0 aliphatic heterocycles. The fourth-order valence-corrected chi connectivity index (χ4v) is 3.92. The summed E-state index contributed by atoms with van der Waals surface area (Å²) in [5.74, 6) is -4.72. The van der Waals surface area contributed by atoms with Gasteiger partial charge >= 0.3 is 11.9 Å². The standard InChI is InChI=1S/C9H11BrO5/c10-6-2-1-3(7(6)11)5(9(14)15)4(2)8(12)13/h2-7,11H,1H2,(H,12,13)(H,14,15)/t2-,3+,4-,5-,6+,7-/m1/s1. The lowest BCUT2D eigenvalue weighted by Crippen LogP contribution is -2.45. The number of hydrogen-bond donors (Lipinski definition) is 3. The minimum absolute atomic E-state index is 0.274. The zero-order valence-electron chi connectivity index (χ0n) is 7.71. The predicted octanol–water partition coefficient (Wildman–Crippen LogP) is 0.162. The molecular weight excluding hydrogens is 268 g/mol. The first-order chi connectivity index (χ1) is 6.95. The van der Waals surface area contributed by atoms with Crippen LogP contribution in [0.25, 0.3) is 0 Å². The fraction of sp³-hybridized carbons (Fsp3) is 0.778. The van der Waals surface area contributed by atoms with Crippen molar-refractivity contribution in [3.8, 4) is 0 Å². The van der Waals surface area contributed by atoms with Gasteiger partial charge < -0.3 is 15.3 Å². The van der Waals surface area contributed by atoms with Crippen LogP contribution in [0.1, 0.15) is 6.42 Å². The highest BCUT2D eigenvalue weighted by molar-refractivity contribution is 9.09. The molecule has 0 aromatic rings. The maximum Gasteiger partial charge on any atom is 0.307 e. The van der Waals surface area contributed by atoms with Gasteiger partial charge in [0.2, 0.25) is 0 Å². The molecule has 15 heavy (non-hydrogen) atoms. The lowest BCUT2D eigenvalue weighted by Gasteiger charge is -2.31. The summed E-state index contributed by atoms with van der Waals surface area (Å²) in [7, 11) is 0. The maximum atomic E-state index is 11.0. The average molecular weight is 279 g/mol. The van der Waals surface area contributed by atoms with Crippen molar-refractivity contribution >= 4 is 27.9 Å². The molecule has 0 unspecified atom stereocenters. The maximum absolute atomic E-state index is 11.0. The van der Waals surface area contributed by atoms with Gasteiger partial charge in [0.05, 0.1) is 17.9 Å². The Labute approximate surface area is 94.2 Å². The van der Waals surface area contributed by atoms with Gasteiger partial charge in [-0.05, 0) is 12.3 Å². The molecule has 5 nitrogen and oxygen atoms in total. The van der Waals surface area contributed by atoms with Gasteiger partial charge in [-0.25, -0.2) is 0 Å². The second-order valence-corrected chi connectivity index (χ2v) is 5.28. The van der Waals surface area contributed by atoms with Crippen LogP contribution in [0, 0.1) is 23.7 Å². The third-order valence-electron chi connectivity index (χ3n) is 3.60. The fourth-order valence-electron chi connectivity index (χ4n) is 2.98. The first-order valence-corrected chi connectivity index (χ1v) is 5.64. The van der Waals surface area contributed by atoms with Crippen LogP contribution in [0.5, 0.6) is 0 Å². The summed E-state index contributed by atoms with van der Waals surface area (Å²) >= 11 is 3.24. The van der Waals surface area contributed by atoms with Crippen molar-refractivity contribution in [2.45, 2.75) is 17.4 Å². The van der Waals surface area contributed by atoms with Gasteiger partial charge in [-0.3, -0.25) is 9.59 Å². The number of aliphatic carboxylic acids is 2. The molecule has 2 rings (SSSR count). The highest BCUT2D eigenvalue weighted by atomic mass is 79.9. The van der Waals surface area contributed by atoms with Crippen LogP contribution in [0.4, 0.5) is 0 Å². The van der Waals surface area contributed by atoms with E-state index in [0.717, 1.165) is 0 Å². The van der Waals surface area contributed by atoms with Gasteiger partial charge in [0, 0.05) is 10.7 Å². The van der Waals surface area contributed by atoms with Gasteiger partial charge in [0.15, 0.2) is 0 Å². The van der Waals surface area contributed by atoms with Crippen molar-refractivity contribution in [3.63, 3.8) is 0 Å². The molecule has 0 aromatic carbocycles. The number of halogens is 1. The molecule has 0 amide bonds. The van der Waals surface area contributed by atoms with E-state index in [1.54, 1.807) is 0 Å². The summed E-state index contributed by atoms with van der Waals surface area (Å²) in [4.78, 5) is 21.7. The van der Waals surface area contributed by atoms with Crippen molar-refractivity contribution in [3.05, 3.63) is 0 Å². The monoisotopic (exact) mass is 278 g/mol. The van der Waals surface area contributed by atoms with E-state index in [-0.39, 0.29) is 10.7 Å². The molecule has 0 aromatic heterocycles. The Hall–Kier alpha value is -0.620.